The van der Waals surface area contributed by atoms with Gasteiger partial charge in [0.05, 0.1) is 28.8 Å². The largest absolute Gasteiger partial charge is 0.494 e. The second-order valence-electron chi connectivity index (χ2n) is 6.38. The van der Waals surface area contributed by atoms with Gasteiger partial charge >= 0.3 is 0 Å². The number of anilines is 1. The quantitative estimate of drug-likeness (QED) is 0.485. The summed E-state index contributed by atoms with van der Waals surface area (Å²) in [6.07, 6.45) is 1.36. The SMILES string of the molecule is CCOc1ccc2nc(NC(=O)Cn3cnc(-c4ccc(Cl)cc4)cc3=O)sc2c1. The van der Waals surface area contributed by atoms with Gasteiger partial charge in [0.1, 0.15) is 12.3 Å². The summed E-state index contributed by atoms with van der Waals surface area (Å²) < 4.78 is 7.63. The molecule has 30 heavy (non-hydrogen) atoms. The van der Waals surface area contributed by atoms with Crippen LogP contribution in [0.3, 0.4) is 0 Å². The number of benzene rings is 2. The van der Waals surface area contributed by atoms with Crippen molar-refractivity contribution in [2.45, 2.75) is 13.5 Å². The van der Waals surface area contributed by atoms with E-state index >= 15 is 0 Å². The molecule has 0 aliphatic carbocycles. The van der Waals surface area contributed by atoms with Crippen molar-refractivity contribution in [2.24, 2.45) is 0 Å². The van der Waals surface area contributed by atoms with Gasteiger partial charge in [-0.1, -0.05) is 35.1 Å². The van der Waals surface area contributed by atoms with Gasteiger partial charge in [-0.3, -0.25) is 14.2 Å². The highest BCUT2D eigenvalue weighted by Gasteiger charge is 2.11. The lowest BCUT2D eigenvalue weighted by Crippen LogP contribution is -2.27. The van der Waals surface area contributed by atoms with Crippen LogP contribution in [-0.4, -0.2) is 27.0 Å². The summed E-state index contributed by atoms with van der Waals surface area (Å²) in [5.74, 6) is 0.396. The topological polar surface area (TPSA) is 86.1 Å². The van der Waals surface area contributed by atoms with E-state index in [1.165, 1.54) is 28.3 Å². The van der Waals surface area contributed by atoms with Crippen LogP contribution in [-0.2, 0) is 11.3 Å². The van der Waals surface area contributed by atoms with Gasteiger partial charge in [-0.05, 0) is 37.3 Å². The lowest BCUT2D eigenvalue weighted by molar-refractivity contribution is -0.116. The molecule has 0 aliphatic rings. The van der Waals surface area contributed by atoms with Gasteiger partial charge in [0.25, 0.3) is 5.56 Å². The zero-order valence-corrected chi connectivity index (χ0v) is 17.5. The molecule has 0 saturated carbocycles. The van der Waals surface area contributed by atoms with Crippen molar-refractivity contribution >= 4 is 44.2 Å². The van der Waals surface area contributed by atoms with Gasteiger partial charge in [0.15, 0.2) is 5.13 Å². The molecule has 0 atom stereocenters. The number of hydrogen-bond donors (Lipinski definition) is 1. The molecular formula is C21H17ClN4O3S. The number of fused-ring (bicyclic) bond motifs is 1. The first-order chi connectivity index (χ1) is 14.5. The average Bonchev–Trinajstić information content (AvgIpc) is 3.11. The number of rotatable bonds is 6. The number of carbonyl (C=O) groups is 1. The first-order valence-corrected chi connectivity index (χ1v) is 10.4. The van der Waals surface area contributed by atoms with Crippen molar-refractivity contribution in [3.8, 4) is 17.0 Å². The number of thiazole rings is 1. The molecule has 2 aromatic carbocycles. The Morgan fingerprint density at radius 1 is 1.20 bits per heavy atom. The molecule has 1 N–H and O–H groups in total. The van der Waals surface area contributed by atoms with Crippen molar-refractivity contribution in [3.63, 3.8) is 0 Å². The van der Waals surface area contributed by atoms with E-state index in [1.54, 1.807) is 24.3 Å². The number of halogens is 1. The van der Waals surface area contributed by atoms with E-state index < -0.39 is 0 Å². The van der Waals surface area contributed by atoms with E-state index in [0.717, 1.165) is 21.5 Å². The minimum absolute atomic E-state index is 0.160. The van der Waals surface area contributed by atoms with Crippen molar-refractivity contribution in [2.75, 3.05) is 11.9 Å². The Bertz CT molecular complexity index is 1270. The van der Waals surface area contributed by atoms with E-state index in [2.05, 4.69) is 15.3 Å². The van der Waals surface area contributed by atoms with Crippen molar-refractivity contribution in [1.82, 2.24) is 14.5 Å². The molecule has 0 aliphatic heterocycles. The van der Waals surface area contributed by atoms with E-state index in [4.69, 9.17) is 16.3 Å². The van der Waals surface area contributed by atoms with Gasteiger partial charge < -0.3 is 10.1 Å². The number of carbonyl (C=O) groups excluding carboxylic acids is 1. The number of hydrogen-bond acceptors (Lipinski definition) is 6. The molecule has 9 heteroatoms. The van der Waals surface area contributed by atoms with Crippen LogP contribution in [0.5, 0.6) is 5.75 Å². The third-order valence-electron chi connectivity index (χ3n) is 4.25. The number of ether oxygens (including phenoxy) is 1. The van der Waals surface area contributed by atoms with Crippen molar-refractivity contribution in [1.29, 1.82) is 0 Å². The van der Waals surface area contributed by atoms with Crippen LogP contribution >= 0.6 is 22.9 Å². The Morgan fingerprint density at radius 3 is 2.73 bits per heavy atom. The first-order valence-electron chi connectivity index (χ1n) is 9.17. The normalized spacial score (nSPS) is 10.9. The molecule has 0 unspecified atom stereocenters. The third kappa shape index (κ3) is 4.50. The number of nitrogens with one attached hydrogen (secondary N) is 1. The maximum absolute atomic E-state index is 12.4. The molecule has 0 saturated heterocycles. The van der Waals surface area contributed by atoms with Gasteiger partial charge in [-0.25, -0.2) is 9.97 Å². The van der Waals surface area contributed by atoms with E-state index in [1.807, 2.05) is 25.1 Å². The van der Waals surface area contributed by atoms with Gasteiger partial charge in [0, 0.05) is 16.7 Å². The molecule has 2 heterocycles. The minimum Gasteiger partial charge on any atom is -0.494 e. The molecule has 0 radical (unpaired) electrons. The predicted octanol–water partition coefficient (Wildman–Crippen LogP) is 4.21. The molecule has 152 valence electrons. The van der Waals surface area contributed by atoms with E-state index in [0.29, 0.717) is 22.5 Å². The Hall–Kier alpha value is -3.23. The number of aromatic nitrogens is 3. The highest BCUT2D eigenvalue weighted by molar-refractivity contribution is 7.22. The standard InChI is InChI=1S/C21H17ClN4O3S/c1-2-29-15-7-8-16-18(9-15)30-21(24-16)25-19(27)11-26-12-23-17(10-20(26)28)13-3-5-14(22)6-4-13/h3-10,12H,2,11H2,1H3,(H,24,25,27). The van der Waals surface area contributed by atoms with E-state index in [-0.39, 0.29) is 18.0 Å². The lowest BCUT2D eigenvalue weighted by Gasteiger charge is -2.06. The molecule has 1 amide bonds. The molecule has 0 spiro atoms. The summed E-state index contributed by atoms with van der Waals surface area (Å²) in [4.78, 5) is 33.5. The summed E-state index contributed by atoms with van der Waals surface area (Å²) in [7, 11) is 0. The second-order valence-corrected chi connectivity index (χ2v) is 7.84. The maximum atomic E-state index is 12.4. The van der Waals surface area contributed by atoms with Crippen LogP contribution in [0, 0.1) is 0 Å². The first kappa shape index (κ1) is 20.1. The zero-order chi connectivity index (χ0) is 21.1. The fourth-order valence-corrected chi connectivity index (χ4v) is 3.89. The monoisotopic (exact) mass is 440 g/mol. The summed E-state index contributed by atoms with van der Waals surface area (Å²) in [5, 5.41) is 3.80. The number of nitrogens with zero attached hydrogens (tertiary/aromatic N) is 3. The Morgan fingerprint density at radius 2 is 2.00 bits per heavy atom. The van der Waals surface area contributed by atoms with Gasteiger partial charge in [-0.15, -0.1) is 0 Å². The van der Waals surface area contributed by atoms with Crippen LogP contribution in [0.2, 0.25) is 5.02 Å². The van der Waals surface area contributed by atoms with Crippen molar-refractivity contribution in [3.05, 3.63) is 70.2 Å². The predicted molar refractivity (Wildman–Crippen MR) is 118 cm³/mol. The molecule has 0 bridgehead atoms. The Balaban J connectivity index is 1.46. The van der Waals surface area contributed by atoms with Crippen LogP contribution in [0.4, 0.5) is 5.13 Å². The van der Waals surface area contributed by atoms with Gasteiger partial charge in [0.2, 0.25) is 5.91 Å². The fraction of sp³-hybridized carbons (Fsp3) is 0.143. The summed E-state index contributed by atoms with van der Waals surface area (Å²) in [5.41, 5.74) is 1.74. The van der Waals surface area contributed by atoms with Crippen LogP contribution < -0.4 is 15.6 Å². The molecule has 4 aromatic rings. The highest BCUT2D eigenvalue weighted by atomic mass is 35.5. The zero-order valence-electron chi connectivity index (χ0n) is 16.0. The third-order valence-corrected chi connectivity index (χ3v) is 5.44. The van der Waals surface area contributed by atoms with Crippen LogP contribution in [0.1, 0.15) is 6.92 Å². The Kier molecular flexibility index (Phi) is 5.78. The van der Waals surface area contributed by atoms with Crippen molar-refractivity contribution < 1.29 is 9.53 Å². The summed E-state index contributed by atoms with van der Waals surface area (Å²) in [6, 6.07) is 14.0. The summed E-state index contributed by atoms with van der Waals surface area (Å²) in [6.45, 7) is 2.33. The summed E-state index contributed by atoms with van der Waals surface area (Å²) >= 11 is 7.23. The molecule has 4 rings (SSSR count). The van der Waals surface area contributed by atoms with Gasteiger partial charge in [-0.2, -0.15) is 0 Å². The fourth-order valence-electron chi connectivity index (χ4n) is 2.85. The molecule has 0 fully saturated rings. The van der Waals surface area contributed by atoms with E-state index in [9.17, 15) is 9.59 Å². The average molecular weight is 441 g/mol. The highest BCUT2D eigenvalue weighted by Crippen LogP contribution is 2.29. The van der Waals surface area contributed by atoms with Crippen LogP contribution in [0.25, 0.3) is 21.5 Å². The lowest BCUT2D eigenvalue weighted by atomic mass is 10.1. The number of amides is 1. The van der Waals surface area contributed by atoms with Crippen LogP contribution in [0.15, 0.2) is 59.7 Å². The molecule has 7 nitrogen and oxygen atoms in total. The smallest absolute Gasteiger partial charge is 0.254 e. The Labute approximate surface area is 180 Å². The minimum atomic E-state index is -0.359. The molecule has 2 aromatic heterocycles. The molecular weight excluding hydrogens is 424 g/mol. The maximum Gasteiger partial charge on any atom is 0.254 e. The second kappa shape index (κ2) is 8.64.